The van der Waals surface area contributed by atoms with E-state index in [-0.39, 0.29) is 6.42 Å². The molecule has 0 unspecified atom stereocenters. The standard InChI is InChI=1S/C16H16O8/c1-21-12-5-3-11(4-6-12)9-15(19)24-16(20)10-23-14(18)8-7-13(17)22-2/h3-8H,9-10H2,1-2H3/b8-7-. The molecule has 0 heterocycles. The third-order valence-corrected chi connectivity index (χ3v) is 2.62. The average Bonchev–Trinajstić information content (AvgIpc) is 2.58. The van der Waals surface area contributed by atoms with Crippen molar-refractivity contribution < 1.29 is 38.1 Å². The molecule has 128 valence electrons. The van der Waals surface area contributed by atoms with Crippen molar-refractivity contribution in [2.45, 2.75) is 6.42 Å². The molecular formula is C16H16O8. The Balaban J connectivity index is 2.35. The Kier molecular flexibility index (Phi) is 7.69. The SMILES string of the molecule is COC(=O)/C=C\C(=O)OCC(=O)OC(=O)Cc1ccc(OC)cc1. The molecule has 0 aromatic heterocycles. The number of methoxy groups -OCH3 is 2. The quantitative estimate of drug-likeness (QED) is 0.308. The van der Waals surface area contributed by atoms with Crippen molar-refractivity contribution in [3.05, 3.63) is 42.0 Å². The molecule has 8 nitrogen and oxygen atoms in total. The Morgan fingerprint density at radius 3 is 2.12 bits per heavy atom. The number of rotatable bonds is 7. The molecule has 8 heteroatoms. The summed E-state index contributed by atoms with van der Waals surface area (Å²) in [4.78, 5) is 44.9. The van der Waals surface area contributed by atoms with Gasteiger partial charge in [0.15, 0.2) is 6.61 Å². The molecule has 24 heavy (non-hydrogen) atoms. The van der Waals surface area contributed by atoms with Gasteiger partial charge >= 0.3 is 23.9 Å². The van der Waals surface area contributed by atoms with Crippen LogP contribution in [0.25, 0.3) is 0 Å². The Bertz CT molecular complexity index is 630. The summed E-state index contributed by atoms with van der Waals surface area (Å²) in [5, 5.41) is 0. The summed E-state index contributed by atoms with van der Waals surface area (Å²) in [5.41, 5.74) is 0.631. The Labute approximate surface area is 137 Å². The number of carbonyl (C=O) groups excluding carboxylic acids is 4. The number of ether oxygens (including phenoxy) is 4. The lowest BCUT2D eigenvalue weighted by atomic mass is 10.1. The van der Waals surface area contributed by atoms with Gasteiger partial charge in [0.2, 0.25) is 0 Å². The van der Waals surface area contributed by atoms with Crippen LogP contribution in [0.4, 0.5) is 0 Å². The van der Waals surface area contributed by atoms with Crippen LogP contribution in [0.2, 0.25) is 0 Å². The molecule has 0 atom stereocenters. The van der Waals surface area contributed by atoms with Gasteiger partial charge < -0.3 is 18.9 Å². The van der Waals surface area contributed by atoms with Crippen molar-refractivity contribution in [2.75, 3.05) is 20.8 Å². The van der Waals surface area contributed by atoms with Crippen molar-refractivity contribution in [3.8, 4) is 5.75 Å². The van der Waals surface area contributed by atoms with Crippen LogP contribution in [0.3, 0.4) is 0 Å². The molecule has 0 aliphatic carbocycles. The predicted octanol–water partition coefficient (Wildman–Crippen LogP) is 0.580. The fourth-order valence-electron chi connectivity index (χ4n) is 1.48. The molecule has 0 saturated heterocycles. The molecule has 0 spiro atoms. The van der Waals surface area contributed by atoms with Gasteiger partial charge in [0.05, 0.1) is 20.6 Å². The second-order valence-electron chi connectivity index (χ2n) is 4.34. The largest absolute Gasteiger partial charge is 0.497 e. The average molecular weight is 336 g/mol. The van der Waals surface area contributed by atoms with E-state index in [1.165, 1.54) is 7.11 Å². The van der Waals surface area contributed by atoms with Gasteiger partial charge in [-0.1, -0.05) is 12.1 Å². The third-order valence-electron chi connectivity index (χ3n) is 2.62. The molecule has 0 saturated carbocycles. The highest BCUT2D eigenvalue weighted by Gasteiger charge is 2.13. The summed E-state index contributed by atoms with van der Waals surface area (Å²) in [6.07, 6.45) is 1.51. The first-order chi connectivity index (χ1) is 11.4. The maximum Gasteiger partial charge on any atom is 0.351 e. The van der Waals surface area contributed by atoms with Crippen molar-refractivity contribution in [3.63, 3.8) is 0 Å². The lowest BCUT2D eigenvalue weighted by Gasteiger charge is -2.04. The first-order valence-electron chi connectivity index (χ1n) is 6.74. The van der Waals surface area contributed by atoms with Crippen LogP contribution in [-0.4, -0.2) is 44.7 Å². The monoisotopic (exact) mass is 336 g/mol. The van der Waals surface area contributed by atoms with E-state index in [0.717, 1.165) is 19.3 Å². The molecule has 0 aliphatic rings. The van der Waals surface area contributed by atoms with Crippen LogP contribution < -0.4 is 4.74 Å². The van der Waals surface area contributed by atoms with Crippen LogP contribution >= 0.6 is 0 Å². The fraction of sp³-hybridized carbons (Fsp3) is 0.250. The van der Waals surface area contributed by atoms with Crippen LogP contribution in [0.15, 0.2) is 36.4 Å². The zero-order valence-electron chi connectivity index (χ0n) is 13.1. The lowest BCUT2D eigenvalue weighted by Crippen LogP contribution is -2.20. The Morgan fingerprint density at radius 2 is 1.54 bits per heavy atom. The highest BCUT2D eigenvalue weighted by molar-refractivity contribution is 5.93. The highest BCUT2D eigenvalue weighted by Crippen LogP contribution is 2.12. The predicted molar refractivity (Wildman–Crippen MR) is 79.9 cm³/mol. The summed E-state index contributed by atoms with van der Waals surface area (Å²) in [7, 11) is 2.66. The highest BCUT2D eigenvalue weighted by atomic mass is 16.6. The van der Waals surface area contributed by atoms with Gasteiger partial charge in [0.25, 0.3) is 0 Å². The molecule has 0 amide bonds. The topological polar surface area (TPSA) is 105 Å². The van der Waals surface area contributed by atoms with E-state index in [2.05, 4.69) is 14.2 Å². The van der Waals surface area contributed by atoms with Crippen LogP contribution in [0, 0.1) is 0 Å². The van der Waals surface area contributed by atoms with E-state index in [1.807, 2.05) is 0 Å². The van der Waals surface area contributed by atoms with Crippen LogP contribution in [-0.2, 0) is 39.8 Å². The third kappa shape index (κ3) is 7.21. The summed E-state index contributed by atoms with van der Waals surface area (Å²) in [6, 6.07) is 6.64. The number of benzene rings is 1. The number of esters is 4. The molecule has 1 aromatic rings. The lowest BCUT2D eigenvalue weighted by molar-refractivity contribution is -0.165. The van der Waals surface area contributed by atoms with Crippen LogP contribution in [0.5, 0.6) is 5.75 Å². The molecule has 0 radical (unpaired) electrons. The van der Waals surface area contributed by atoms with Crippen molar-refractivity contribution in [1.82, 2.24) is 0 Å². The van der Waals surface area contributed by atoms with E-state index in [1.54, 1.807) is 24.3 Å². The molecule has 0 aliphatic heterocycles. The summed E-state index contributed by atoms with van der Waals surface area (Å²) in [6.45, 7) is -0.751. The smallest absolute Gasteiger partial charge is 0.351 e. The van der Waals surface area contributed by atoms with Gasteiger partial charge in [-0.25, -0.2) is 14.4 Å². The molecule has 0 fully saturated rings. The molecule has 0 bridgehead atoms. The van der Waals surface area contributed by atoms with E-state index in [0.29, 0.717) is 11.3 Å². The molecule has 1 rings (SSSR count). The molecule has 0 N–H and O–H groups in total. The van der Waals surface area contributed by atoms with Crippen LogP contribution in [0.1, 0.15) is 5.56 Å². The Hall–Kier alpha value is -3.16. The normalized spacial score (nSPS) is 10.1. The van der Waals surface area contributed by atoms with Gasteiger partial charge in [-0.05, 0) is 17.7 Å². The van der Waals surface area contributed by atoms with Crippen molar-refractivity contribution in [1.29, 1.82) is 0 Å². The summed E-state index contributed by atoms with van der Waals surface area (Å²) < 4.78 is 18.3. The van der Waals surface area contributed by atoms with Gasteiger partial charge in [-0.3, -0.25) is 4.79 Å². The summed E-state index contributed by atoms with van der Waals surface area (Å²) >= 11 is 0. The van der Waals surface area contributed by atoms with Gasteiger partial charge in [-0.15, -0.1) is 0 Å². The van der Waals surface area contributed by atoms with Crippen molar-refractivity contribution >= 4 is 23.9 Å². The zero-order valence-corrected chi connectivity index (χ0v) is 13.1. The fourth-order valence-corrected chi connectivity index (χ4v) is 1.48. The van der Waals surface area contributed by atoms with E-state index in [4.69, 9.17) is 4.74 Å². The van der Waals surface area contributed by atoms with E-state index < -0.39 is 30.5 Å². The minimum absolute atomic E-state index is 0.119. The summed E-state index contributed by atoms with van der Waals surface area (Å²) in [5.74, 6) is -2.86. The van der Waals surface area contributed by atoms with E-state index in [9.17, 15) is 19.2 Å². The van der Waals surface area contributed by atoms with Gasteiger partial charge in [0.1, 0.15) is 5.75 Å². The zero-order chi connectivity index (χ0) is 17.9. The first kappa shape index (κ1) is 18.9. The molecule has 1 aromatic carbocycles. The molecular weight excluding hydrogens is 320 g/mol. The van der Waals surface area contributed by atoms with Crippen molar-refractivity contribution in [2.24, 2.45) is 0 Å². The second kappa shape index (κ2) is 9.78. The number of carbonyl (C=O) groups is 4. The van der Waals surface area contributed by atoms with E-state index >= 15 is 0 Å². The van der Waals surface area contributed by atoms with Gasteiger partial charge in [-0.2, -0.15) is 0 Å². The minimum atomic E-state index is -1.02. The minimum Gasteiger partial charge on any atom is -0.497 e. The maximum atomic E-state index is 11.6. The Morgan fingerprint density at radius 1 is 0.917 bits per heavy atom. The second-order valence-corrected chi connectivity index (χ2v) is 4.34. The van der Waals surface area contributed by atoms with Gasteiger partial charge in [0, 0.05) is 12.2 Å². The number of hydrogen-bond acceptors (Lipinski definition) is 8. The maximum absolute atomic E-state index is 11.6. The first-order valence-corrected chi connectivity index (χ1v) is 6.74. The number of hydrogen-bond donors (Lipinski definition) is 0.